The predicted octanol–water partition coefficient (Wildman–Crippen LogP) is 2.57. The van der Waals surface area contributed by atoms with E-state index in [0.29, 0.717) is 6.54 Å². The van der Waals surface area contributed by atoms with Crippen LogP contribution in [0.2, 0.25) is 0 Å². The van der Waals surface area contributed by atoms with Crippen molar-refractivity contribution in [2.45, 2.75) is 6.54 Å². The van der Waals surface area contributed by atoms with Gasteiger partial charge in [-0.25, -0.2) is 4.98 Å². The zero-order chi connectivity index (χ0) is 11.5. The number of aromatic amines is 1. The lowest BCUT2D eigenvalue weighted by Gasteiger charge is -2.07. The van der Waals surface area contributed by atoms with Crippen molar-refractivity contribution in [2.75, 3.05) is 5.32 Å². The van der Waals surface area contributed by atoms with Crippen molar-refractivity contribution < 1.29 is 0 Å². The summed E-state index contributed by atoms with van der Waals surface area (Å²) in [6, 6.07) is 12.2. The molecule has 3 rings (SSSR count). The third-order valence-corrected chi connectivity index (χ3v) is 2.68. The Morgan fingerprint density at radius 3 is 2.88 bits per heavy atom. The summed E-state index contributed by atoms with van der Waals surface area (Å²) in [5.74, 6) is 0.901. The summed E-state index contributed by atoms with van der Waals surface area (Å²) in [7, 11) is 0. The van der Waals surface area contributed by atoms with Gasteiger partial charge in [0.1, 0.15) is 5.82 Å². The van der Waals surface area contributed by atoms with E-state index in [1.165, 1.54) is 5.39 Å². The molecule has 2 heterocycles. The molecule has 3 aromatic rings. The Balaban J connectivity index is 1.90. The molecule has 0 aliphatic rings. The van der Waals surface area contributed by atoms with E-state index in [-0.39, 0.29) is 0 Å². The summed E-state index contributed by atoms with van der Waals surface area (Å²) in [5.41, 5.74) is 1.04. The first kappa shape index (κ1) is 9.84. The quantitative estimate of drug-likeness (QED) is 0.719. The van der Waals surface area contributed by atoms with Crippen molar-refractivity contribution in [3.63, 3.8) is 0 Å². The third kappa shape index (κ3) is 1.97. The van der Waals surface area contributed by atoms with Gasteiger partial charge in [-0.05, 0) is 17.5 Å². The number of benzene rings is 1. The summed E-state index contributed by atoms with van der Waals surface area (Å²) >= 11 is 0. The van der Waals surface area contributed by atoms with Gasteiger partial charge in [0.25, 0.3) is 0 Å². The molecule has 4 heteroatoms. The number of hydrogen-bond donors (Lipinski definition) is 2. The first-order valence-corrected chi connectivity index (χ1v) is 5.49. The van der Waals surface area contributed by atoms with Gasteiger partial charge in [-0.15, -0.1) is 0 Å². The number of anilines is 1. The fourth-order valence-corrected chi connectivity index (χ4v) is 1.82. The van der Waals surface area contributed by atoms with Crippen LogP contribution in [0.15, 0.2) is 48.8 Å². The number of hydrogen-bond acceptors (Lipinski definition) is 3. The number of fused-ring (bicyclic) bond motifs is 1. The Labute approximate surface area is 98.7 Å². The van der Waals surface area contributed by atoms with Crippen molar-refractivity contribution >= 4 is 16.6 Å². The van der Waals surface area contributed by atoms with E-state index < -0.39 is 0 Å². The standard InChI is InChI=1S/C13H12N4/c1-2-4-12-10(3-1)5-7-14-13(12)15-9-11-6-8-16-17-11/h1-8H,9H2,(H,14,15)(H,16,17). The number of aromatic nitrogens is 3. The van der Waals surface area contributed by atoms with E-state index in [9.17, 15) is 0 Å². The van der Waals surface area contributed by atoms with Gasteiger partial charge in [0.2, 0.25) is 0 Å². The molecule has 0 fully saturated rings. The summed E-state index contributed by atoms with van der Waals surface area (Å²) in [6.45, 7) is 0.695. The minimum atomic E-state index is 0.695. The lowest BCUT2D eigenvalue weighted by atomic mass is 10.1. The van der Waals surface area contributed by atoms with E-state index >= 15 is 0 Å². The second-order valence-corrected chi connectivity index (χ2v) is 3.82. The number of H-pyrrole nitrogens is 1. The Bertz CT molecular complexity index is 611. The minimum Gasteiger partial charge on any atom is -0.364 e. The van der Waals surface area contributed by atoms with Gasteiger partial charge >= 0.3 is 0 Å². The van der Waals surface area contributed by atoms with E-state index in [2.05, 4.69) is 32.6 Å². The van der Waals surface area contributed by atoms with Crippen LogP contribution in [0, 0.1) is 0 Å². The monoisotopic (exact) mass is 224 g/mol. The van der Waals surface area contributed by atoms with E-state index in [1.54, 1.807) is 6.20 Å². The van der Waals surface area contributed by atoms with E-state index in [4.69, 9.17) is 0 Å². The maximum atomic E-state index is 4.36. The Morgan fingerprint density at radius 2 is 2.00 bits per heavy atom. The molecule has 17 heavy (non-hydrogen) atoms. The van der Waals surface area contributed by atoms with Crippen LogP contribution in [-0.4, -0.2) is 15.2 Å². The average molecular weight is 224 g/mol. The fraction of sp³-hybridized carbons (Fsp3) is 0.0769. The largest absolute Gasteiger partial charge is 0.364 e. The summed E-state index contributed by atoms with van der Waals surface area (Å²) < 4.78 is 0. The lowest BCUT2D eigenvalue weighted by Crippen LogP contribution is -2.02. The molecule has 0 saturated heterocycles. The van der Waals surface area contributed by atoms with Crippen LogP contribution in [0.4, 0.5) is 5.82 Å². The normalized spacial score (nSPS) is 10.6. The lowest BCUT2D eigenvalue weighted by molar-refractivity contribution is 0.976. The average Bonchev–Trinajstić information content (AvgIpc) is 2.89. The fourth-order valence-electron chi connectivity index (χ4n) is 1.82. The zero-order valence-electron chi connectivity index (χ0n) is 9.22. The molecule has 84 valence electrons. The Morgan fingerprint density at radius 1 is 1.06 bits per heavy atom. The highest BCUT2D eigenvalue weighted by atomic mass is 15.1. The van der Waals surface area contributed by atoms with Crippen LogP contribution in [0.1, 0.15) is 5.69 Å². The van der Waals surface area contributed by atoms with Gasteiger partial charge in [-0.1, -0.05) is 24.3 Å². The molecule has 0 bridgehead atoms. The van der Waals surface area contributed by atoms with Crippen molar-refractivity contribution in [2.24, 2.45) is 0 Å². The molecule has 1 aromatic carbocycles. The maximum absolute atomic E-state index is 4.36. The molecular weight excluding hydrogens is 212 g/mol. The molecule has 0 atom stereocenters. The van der Waals surface area contributed by atoms with Crippen LogP contribution in [0.5, 0.6) is 0 Å². The molecule has 0 amide bonds. The number of rotatable bonds is 3. The second kappa shape index (κ2) is 4.25. The van der Waals surface area contributed by atoms with Crippen LogP contribution in [-0.2, 0) is 6.54 Å². The summed E-state index contributed by atoms with van der Waals surface area (Å²) in [6.07, 6.45) is 3.56. The van der Waals surface area contributed by atoms with Gasteiger partial charge < -0.3 is 5.32 Å². The first-order valence-electron chi connectivity index (χ1n) is 5.49. The first-order chi connectivity index (χ1) is 8.43. The Kier molecular flexibility index (Phi) is 2.46. The molecule has 0 aliphatic carbocycles. The minimum absolute atomic E-state index is 0.695. The molecule has 0 saturated carbocycles. The zero-order valence-corrected chi connectivity index (χ0v) is 9.22. The SMILES string of the molecule is c1ccc2c(NCc3ccn[nH]3)nccc2c1. The molecule has 4 nitrogen and oxygen atoms in total. The molecule has 0 unspecified atom stereocenters. The summed E-state index contributed by atoms with van der Waals surface area (Å²) in [5, 5.41) is 12.5. The molecule has 0 spiro atoms. The van der Waals surface area contributed by atoms with Gasteiger partial charge in [-0.3, -0.25) is 5.10 Å². The van der Waals surface area contributed by atoms with Crippen molar-refractivity contribution in [3.8, 4) is 0 Å². The van der Waals surface area contributed by atoms with Gasteiger partial charge in [0, 0.05) is 17.8 Å². The molecule has 2 aromatic heterocycles. The van der Waals surface area contributed by atoms with Crippen molar-refractivity contribution in [1.82, 2.24) is 15.2 Å². The second-order valence-electron chi connectivity index (χ2n) is 3.82. The molecule has 0 aliphatic heterocycles. The smallest absolute Gasteiger partial charge is 0.134 e. The Hall–Kier alpha value is -2.36. The van der Waals surface area contributed by atoms with E-state index in [1.807, 2.05) is 30.5 Å². The van der Waals surface area contributed by atoms with Gasteiger partial charge in [0.15, 0.2) is 0 Å². The highest BCUT2D eigenvalue weighted by Crippen LogP contribution is 2.20. The molecule has 2 N–H and O–H groups in total. The predicted molar refractivity (Wildman–Crippen MR) is 67.7 cm³/mol. The maximum Gasteiger partial charge on any atom is 0.134 e. The molecule has 0 radical (unpaired) electrons. The summed E-state index contributed by atoms with van der Waals surface area (Å²) in [4.78, 5) is 4.36. The highest BCUT2D eigenvalue weighted by Gasteiger charge is 2.01. The topological polar surface area (TPSA) is 53.6 Å². The molecular formula is C13H12N4. The van der Waals surface area contributed by atoms with Gasteiger partial charge in [0.05, 0.1) is 12.2 Å². The van der Waals surface area contributed by atoms with Crippen molar-refractivity contribution in [3.05, 3.63) is 54.5 Å². The van der Waals surface area contributed by atoms with Crippen LogP contribution >= 0.6 is 0 Å². The van der Waals surface area contributed by atoms with Crippen molar-refractivity contribution in [1.29, 1.82) is 0 Å². The number of pyridine rings is 1. The highest BCUT2D eigenvalue weighted by molar-refractivity contribution is 5.91. The number of nitrogens with one attached hydrogen (secondary N) is 2. The van der Waals surface area contributed by atoms with Gasteiger partial charge in [-0.2, -0.15) is 5.10 Å². The van der Waals surface area contributed by atoms with Crippen LogP contribution in [0.3, 0.4) is 0 Å². The van der Waals surface area contributed by atoms with Crippen LogP contribution in [0.25, 0.3) is 10.8 Å². The van der Waals surface area contributed by atoms with E-state index in [0.717, 1.165) is 16.9 Å². The third-order valence-electron chi connectivity index (χ3n) is 2.68. The van der Waals surface area contributed by atoms with Crippen LogP contribution < -0.4 is 5.32 Å². The number of nitrogens with zero attached hydrogens (tertiary/aromatic N) is 2.